The fourth-order valence-electron chi connectivity index (χ4n) is 3.86. The van der Waals surface area contributed by atoms with Crippen molar-refractivity contribution < 1.29 is 0 Å². The van der Waals surface area contributed by atoms with Gasteiger partial charge in [-0.1, -0.05) is 19.4 Å². The third-order valence-electron chi connectivity index (χ3n) is 4.69. The van der Waals surface area contributed by atoms with Crippen LogP contribution in [0.4, 0.5) is 0 Å². The van der Waals surface area contributed by atoms with E-state index >= 15 is 0 Å². The first-order chi connectivity index (χ1) is 7.17. The highest BCUT2D eigenvalue weighted by Gasteiger charge is 2.41. The molecule has 86 valence electrons. The zero-order chi connectivity index (χ0) is 10.9. The van der Waals surface area contributed by atoms with E-state index in [0.717, 1.165) is 24.3 Å². The summed E-state index contributed by atoms with van der Waals surface area (Å²) in [5.41, 5.74) is 0.309. The second kappa shape index (κ2) is 4.29. The summed E-state index contributed by atoms with van der Waals surface area (Å²) in [6, 6.07) is 0. The first kappa shape index (κ1) is 11.2. The molecule has 4 atom stereocenters. The standard InChI is InChI=1S/C14H25N/c1-4-14(2,10-15-3)9-13-8-11-5-6-12(13)7-11/h4,11-13,15H,1,5-10H2,2-3H3. The summed E-state index contributed by atoms with van der Waals surface area (Å²) in [4.78, 5) is 0. The summed E-state index contributed by atoms with van der Waals surface area (Å²) in [7, 11) is 2.04. The van der Waals surface area contributed by atoms with Crippen molar-refractivity contribution in [3.63, 3.8) is 0 Å². The van der Waals surface area contributed by atoms with E-state index < -0.39 is 0 Å². The molecule has 2 aliphatic rings. The molecule has 1 N–H and O–H groups in total. The lowest BCUT2D eigenvalue weighted by Crippen LogP contribution is -2.31. The maximum absolute atomic E-state index is 4.02. The number of nitrogens with one attached hydrogen (secondary N) is 1. The van der Waals surface area contributed by atoms with Gasteiger partial charge in [0.25, 0.3) is 0 Å². The Morgan fingerprint density at radius 2 is 2.20 bits per heavy atom. The average molecular weight is 207 g/mol. The van der Waals surface area contributed by atoms with Gasteiger partial charge in [-0.25, -0.2) is 0 Å². The molecule has 0 aromatic carbocycles. The molecule has 0 heterocycles. The van der Waals surface area contributed by atoms with Gasteiger partial charge in [0.1, 0.15) is 0 Å². The van der Waals surface area contributed by atoms with Gasteiger partial charge in [0.2, 0.25) is 0 Å². The Kier molecular flexibility index (Phi) is 3.20. The van der Waals surface area contributed by atoms with E-state index in [0.29, 0.717) is 5.41 Å². The van der Waals surface area contributed by atoms with Gasteiger partial charge in [0, 0.05) is 6.54 Å². The van der Waals surface area contributed by atoms with Gasteiger partial charge in [-0.3, -0.25) is 0 Å². The Balaban J connectivity index is 1.92. The molecule has 0 aliphatic heterocycles. The molecule has 2 bridgehead atoms. The van der Waals surface area contributed by atoms with Crippen LogP contribution in [-0.2, 0) is 0 Å². The summed E-state index contributed by atoms with van der Waals surface area (Å²) < 4.78 is 0. The van der Waals surface area contributed by atoms with Gasteiger partial charge in [-0.2, -0.15) is 0 Å². The zero-order valence-corrected chi connectivity index (χ0v) is 10.3. The summed E-state index contributed by atoms with van der Waals surface area (Å²) >= 11 is 0. The minimum absolute atomic E-state index is 0.309. The Bertz CT molecular complexity index is 235. The quantitative estimate of drug-likeness (QED) is 0.683. The van der Waals surface area contributed by atoms with Crippen molar-refractivity contribution in [2.24, 2.45) is 23.2 Å². The van der Waals surface area contributed by atoms with Crippen molar-refractivity contribution in [2.45, 2.75) is 39.0 Å². The molecule has 2 rings (SSSR count). The Morgan fingerprint density at radius 3 is 2.67 bits per heavy atom. The zero-order valence-electron chi connectivity index (χ0n) is 10.3. The number of rotatable bonds is 5. The highest BCUT2D eigenvalue weighted by atomic mass is 14.8. The average Bonchev–Trinajstić information content (AvgIpc) is 2.79. The summed E-state index contributed by atoms with van der Waals surface area (Å²) in [6.07, 6.45) is 9.55. The molecule has 0 saturated heterocycles. The first-order valence-corrected chi connectivity index (χ1v) is 6.45. The van der Waals surface area contributed by atoms with Crippen molar-refractivity contribution in [3.05, 3.63) is 12.7 Å². The van der Waals surface area contributed by atoms with Gasteiger partial charge in [0.15, 0.2) is 0 Å². The van der Waals surface area contributed by atoms with Crippen molar-refractivity contribution in [1.82, 2.24) is 5.32 Å². The number of hydrogen-bond acceptors (Lipinski definition) is 1. The highest BCUT2D eigenvalue weighted by molar-refractivity contribution is 4.99. The SMILES string of the molecule is C=CC(C)(CNC)CC1CC2CCC1C2. The van der Waals surface area contributed by atoms with E-state index in [9.17, 15) is 0 Å². The van der Waals surface area contributed by atoms with E-state index in [4.69, 9.17) is 0 Å². The predicted octanol–water partition coefficient (Wildman–Crippen LogP) is 3.22. The maximum atomic E-state index is 4.02. The van der Waals surface area contributed by atoms with Crippen LogP contribution in [-0.4, -0.2) is 13.6 Å². The van der Waals surface area contributed by atoms with Gasteiger partial charge in [-0.05, 0) is 55.9 Å². The molecular weight excluding hydrogens is 182 g/mol. The fourth-order valence-corrected chi connectivity index (χ4v) is 3.86. The molecule has 2 aliphatic carbocycles. The van der Waals surface area contributed by atoms with Crippen LogP contribution in [0.5, 0.6) is 0 Å². The third-order valence-corrected chi connectivity index (χ3v) is 4.69. The molecule has 1 heteroatoms. The van der Waals surface area contributed by atoms with Crippen LogP contribution in [0.25, 0.3) is 0 Å². The van der Waals surface area contributed by atoms with Crippen molar-refractivity contribution in [3.8, 4) is 0 Å². The monoisotopic (exact) mass is 207 g/mol. The number of hydrogen-bond donors (Lipinski definition) is 1. The van der Waals surface area contributed by atoms with Crippen molar-refractivity contribution >= 4 is 0 Å². The summed E-state index contributed by atoms with van der Waals surface area (Å²) in [5, 5.41) is 3.31. The van der Waals surface area contributed by atoms with Crippen LogP contribution in [0.3, 0.4) is 0 Å². The van der Waals surface area contributed by atoms with Crippen LogP contribution in [0.1, 0.15) is 39.0 Å². The molecule has 1 nitrogen and oxygen atoms in total. The van der Waals surface area contributed by atoms with Gasteiger partial charge in [0.05, 0.1) is 0 Å². The Labute approximate surface area is 94.3 Å². The van der Waals surface area contributed by atoms with E-state index in [2.05, 4.69) is 24.9 Å². The van der Waals surface area contributed by atoms with E-state index in [1.165, 1.54) is 32.1 Å². The van der Waals surface area contributed by atoms with Crippen LogP contribution in [0.2, 0.25) is 0 Å². The van der Waals surface area contributed by atoms with E-state index in [-0.39, 0.29) is 0 Å². The minimum Gasteiger partial charge on any atom is -0.319 e. The first-order valence-electron chi connectivity index (χ1n) is 6.45. The van der Waals surface area contributed by atoms with Crippen molar-refractivity contribution in [2.75, 3.05) is 13.6 Å². The molecule has 2 fully saturated rings. The van der Waals surface area contributed by atoms with Crippen LogP contribution in [0.15, 0.2) is 12.7 Å². The largest absolute Gasteiger partial charge is 0.319 e. The van der Waals surface area contributed by atoms with Crippen LogP contribution < -0.4 is 5.32 Å². The second-order valence-electron chi connectivity index (χ2n) is 6.03. The van der Waals surface area contributed by atoms with Crippen molar-refractivity contribution in [1.29, 1.82) is 0 Å². The smallest absolute Gasteiger partial charge is 0.00369 e. The van der Waals surface area contributed by atoms with E-state index in [1.54, 1.807) is 0 Å². The summed E-state index contributed by atoms with van der Waals surface area (Å²) in [5.74, 6) is 3.11. The molecule has 2 saturated carbocycles. The van der Waals surface area contributed by atoms with Gasteiger partial charge < -0.3 is 5.32 Å². The third kappa shape index (κ3) is 2.28. The lowest BCUT2D eigenvalue weighted by molar-refractivity contribution is 0.229. The lowest BCUT2D eigenvalue weighted by Gasteiger charge is -2.32. The summed E-state index contributed by atoms with van der Waals surface area (Å²) in [6.45, 7) is 7.44. The van der Waals surface area contributed by atoms with Gasteiger partial charge in [-0.15, -0.1) is 6.58 Å². The molecule has 0 spiro atoms. The molecule has 0 amide bonds. The fraction of sp³-hybridized carbons (Fsp3) is 0.857. The highest BCUT2D eigenvalue weighted by Crippen LogP contribution is 2.51. The van der Waals surface area contributed by atoms with Crippen LogP contribution >= 0.6 is 0 Å². The van der Waals surface area contributed by atoms with Gasteiger partial charge >= 0.3 is 0 Å². The Hall–Kier alpha value is -0.300. The molecule has 0 aromatic rings. The minimum atomic E-state index is 0.309. The normalized spacial score (nSPS) is 37.9. The molecule has 0 radical (unpaired) electrons. The van der Waals surface area contributed by atoms with E-state index in [1.807, 2.05) is 7.05 Å². The molecule has 4 unspecified atom stereocenters. The van der Waals surface area contributed by atoms with Crippen LogP contribution in [0, 0.1) is 23.2 Å². The predicted molar refractivity (Wildman–Crippen MR) is 65.8 cm³/mol. The Morgan fingerprint density at radius 1 is 1.40 bits per heavy atom. The second-order valence-corrected chi connectivity index (χ2v) is 6.03. The lowest BCUT2D eigenvalue weighted by atomic mass is 9.75. The molecule has 0 aromatic heterocycles. The molecule has 15 heavy (non-hydrogen) atoms. The number of fused-ring (bicyclic) bond motifs is 2. The molecular formula is C14H25N. The topological polar surface area (TPSA) is 12.0 Å². The maximum Gasteiger partial charge on any atom is 0.00369 e.